The van der Waals surface area contributed by atoms with Crippen LogP contribution in [-0.2, 0) is 0 Å². The lowest BCUT2D eigenvalue weighted by Gasteiger charge is -2.06. The van der Waals surface area contributed by atoms with Gasteiger partial charge >= 0.3 is 0 Å². The molecule has 0 spiro atoms. The first-order chi connectivity index (χ1) is 14.5. The lowest BCUT2D eigenvalue weighted by molar-refractivity contribution is 0.854. The van der Waals surface area contributed by atoms with E-state index in [1.165, 1.54) is 11.1 Å². The standard InChI is InChI=1S/C24H19Br2N3S/c1-16-5-3-8-22(17(16)2)28-24-29(27-14-18-9-11-20(25)12-10-18)23(15-30-24)19-6-4-7-21(26)13-19/h3-15H,1-2H3/b27-14+,28-24?. The summed E-state index contributed by atoms with van der Waals surface area (Å²) >= 11 is 8.63. The molecule has 0 atom stereocenters. The molecule has 150 valence electrons. The molecule has 0 aliphatic carbocycles. The second-order valence-electron chi connectivity index (χ2n) is 6.85. The highest BCUT2D eigenvalue weighted by molar-refractivity contribution is 9.10. The Morgan fingerprint density at radius 2 is 1.67 bits per heavy atom. The van der Waals surface area contributed by atoms with Crippen molar-refractivity contribution in [2.75, 3.05) is 0 Å². The number of aromatic nitrogens is 1. The Kier molecular flexibility index (Phi) is 6.46. The Labute approximate surface area is 196 Å². The van der Waals surface area contributed by atoms with Crippen LogP contribution in [0, 0.1) is 13.8 Å². The third kappa shape index (κ3) is 4.72. The molecule has 0 unspecified atom stereocenters. The van der Waals surface area contributed by atoms with Crippen molar-refractivity contribution in [3.63, 3.8) is 0 Å². The van der Waals surface area contributed by atoms with Gasteiger partial charge in [-0.05, 0) is 60.9 Å². The van der Waals surface area contributed by atoms with Crippen molar-refractivity contribution in [3.8, 4) is 11.3 Å². The Balaban J connectivity index is 1.87. The summed E-state index contributed by atoms with van der Waals surface area (Å²) in [4.78, 5) is 5.77. The highest BCUT2D eigenvalue weighted by Crippen LogP contribution is 2.25. The van der Waals surface area contributed by atoms with Crippen LogP contribution in [0.1, 0.15) is 16.7 Å². The summed E-state index contributed by atoms with van der Waals surface area (Å²) in [7, 11) is 0. The Hall–Kier alpha value is -2.28. The van der Waals surface area contributed by atoms with Gasteiger partial charge in [0.2, 0.25) is 4.80 Å². The Morgan fingerprint density at radius 3 is 2.43 bits per heavy atom. The second-order valence-corrected chi connectivity index (χ2v) is 9.52. The van der Waals surface area contributed by atoms with Gasteiger partial charge in [-0.1, -0.05) is 68.3 Å². The van der Waals surface area contributed by atoms with E-state index in [0.29, 0.717) is 0 Å². The van der Waals surface area contributed by atoms with Crippen LogP contribution < -0.4 is 4.80 Å². The average molecular weight is 541 g/mol. The minimum atomic E-state index is 0.826. The fourth-order valence-corrected chi connectivity index (χ4v) is 4.48. The topological polar surface area (TPSA) is 29.6 Å². The number of aryl methyl sites for hydroxylation is 1. The first-order valence-electron chi connectivity index (χ1n) is 9.38. The molecule has 0 aliphatic rings. The van der Waals surface area contributed by atoms with E-state index in [-0.39, 0.29) is 0 Å². The lowest BCUT2D eigenvalue weighted by Crippen LogP contribution is -2.11. The molecular weight excluding hydrogens is 522 g/mol. The van der Waals surface area contributed by atoms with Crippen molar-refractivity contribution in [1.29, 1.82) is 0 Å². The van der Waals surface area contributed by atoms with E-state index in [2.05, 4.69) is 69.3 Å². The van der Waals surface area contributed by atoms with E-state index in [1.807, 2.05) is 59.4 Å². The molecule has 0 radical (unpaired) electrons. The highest BCUT2D eigenvalue weighted by atomic mass is 79.9. The van der Waals surface area contributed by atoms with Crippen LogP contribution in [0.5, 0.6) is 0 Å². The van der Waals surface area contributed by atoms with Crippen molar-refractivity contribution in [3.05, 3.63) is 103 Å². The molecule has 0 saturated carbocycles. The van der Waals surface area contributed by atoms with Crippen LogP contribution in [-0.4, -0.2) is 10.9 Å². The maximum atomic E-state index is 4.94. The summed E-state index contributed by atoms with van der Waals surface area (Å²) in [6, 6.07) is 22.5. The van der Waals surface area contributed by atoms with Gasteiger partial charge in [-0.25, -0.2) is 9.67 Å². The van der Waals surface area contributed by atoms with Crippen LogP contribution in [0.3, 0.4) is 0 Å². The van der Waals surface area contributed by atoms with Crippen molar-refractivity contribution in [2.45, 2.75) is 13.8 Å². The van der Waals surface area contributed by atoms with E-state index in [1.54, 1.807) is 11.3 Å². The highest BCUT2D eigenvalue weighted by Gasteiger charge is 2.09. The molecule has 4 aromatic rings. The fourth-order valence-electron chi connectivity index (χ4n) is 2.97. The molecule has 0 amide bonds. The number of nitrogens with zero attached hydrogens (tertiary/aromatic N) is 3. The van der Waals surface area contributed by atoms with Crippen molar-refractivity contribution >= 4 is 55.1 Å². The predicted molar refractivity (Wildman–Crippen MR) is 134 cm³/mol. The van der Waals surface area contributed by atoms with Gasteiger partial charge in [0, 0.05) is 19.9 Å². The largest absolute Gasteiger partial charge is 0.219 e. The number of thiazole rings is 1. The smallest absolute Gasteiger partial charge is 0.211 e. The van der Waals surface area contributed by atoms with Gasteiger partial charge in [0.05, 0.1) is 17.6 Å². The molecule has 3 nitrogen and oxygen atoms in total. The number of halogens is 2. The molecule has 0 fully saturated rings. The normalized spacial score (nSPS) is 12.1. The molecule has 0 aliphatic heterocycles. The average Bonchev–Trinajstić information content (AvgIpc) is 3.13. The van der Waals surface area contributed by atoms with Crippen LogP contribution in [0.2, 0.25) is 0 Å². The summed E-state index contributed by atoms with van der Waals surface area (Å²) in [5, 5.41) is 6.90. The van der Waals surface area contributed by atoms with Gasteiger partial charge in [-0.2, -0.15) is 5.10 Å². The molecule has 1 heterocycles. The zero-order valence-electron chi connectivity index (χ0n) is 16.5. The van der Waals surface area contributed by atoms with Gasteiger partial charge < -0.3 is 0 Å². The summed E-state index contributed by atoms with van der Waals surface area (Å²) in [5.74, 6) is 0. The van der Waals surface area contributed by atoms with E-state index in [9.17, 15) is 0 Å². The summed E-state index contributed by atoms with van der Waals surface area (Å²) < 4.78 is 3.99. The van der Waals surface area contributed by atoms with Crippen molar-refractivity contribution in [2.24, 2.45) is 10.1 Å². The Bertz CT molecular complexity index is 1280. The first-order valence-corrected chi connectivity index (χ1v) is 11.9. The monoisotopic (exact) mass is 539 g/mol. The Morgan fingerprint density at radius 1 is 0.900 bits per heavy atom. The minimum Gasteiger partial charge on any atom is -0.219 e. The van der Waals surface area contributed by atoms with Gasteiger partial charge in [0.15, 0.2) is 0 Å². The SMILES string of the molecule is Cc1cccc(N=c2scc(-c3cccc(Br)c3)n2/N=C/c2ccc(Br)cc2)c1C. The van der Waals surface area contributed by atoms with Crippen LogP contribution in [0.15, 0.2) is 91.1 Å². The molecule has 0 saturated heterocycles. The number of hydrogen-bond donors (Lipinski definition) is 0. The van der Waals surface area contributed by atoms with E-state index in [4.69, 9.17) is 10.1 Å². The van der Waals surface area contributed by atoms with Crippen LogP contribution in [0.4, 0.5) is 5.69 Å². The third-order valence-electron chi connectivity index (χ3n) is 4.79. The zero-order valence-corrected chi connectivity index (χ0v) is 20.5. The number of rotatable bonds is 4. The maximum Gasteiger partial charge on any atom is 0.211 e. The summed E-state index contributed by atoms with van der Waals surface area (Å²) in [5.41, 5.74) is 6.47. The minimum absolute atomic E-state index is 0.826. The van der Waals surface area contributed by atoms with E-state index < -0.39 is 0 Å². The molecule has 0 N–H and O–H groups in total. The molecule has 0 bridgehead atoms. The van der Waals surface area contributed by atoms with Gasteiger partial charge in [-0.15, -0.1) is 11.3 Å². The van der Waals surface area contributed by atoms with E-state index in [0.717, 1.165) is 36.3 Å². The molecule has 1 aromatic heterocycles. The lowest BCUT2D eigenvalue weighted by atomic mass is 10.1. The number of benzene rings is 3. The first kappa shape index (κ1) is 21.0. The van der Waals surface area contributed by atoms with E-state index >= 15 is 0 Å². The number of hydrogen-bond acceptors (Lipinski definition) is 3. The maximum absolute atomic E-state index is 4.94. The molecule has 3 aromatic carbocycles. The summed E-state index contributed by atoms with van der Waals surface area (Å²) in [6.45, 7) is 4.21. The quantitative estimate of drug-likeness (QED) is 0.240. The van der Waals surface area contributed by atoms with Gasteiger partial charge in [-0.3, -0.25) is 0 Å². The predicted octanol–water partition coefficient (Wildman–Crippen LogP) is 7.47. The van der Waals surface area contributed by atoms with Crippen LogP contribution in [0.25, 0.3) is 11.3 Å². The molecular formula is C24H19Br2N3S. The molecule has 30 heavy (non-hydrogen) atoms. The van der Waals surface area contributed by atoms with Gasteiger partial charge in [0.1, 0.15) is 0 Å². The van der Waals surface area contributed by atoms with Crippen LogP contribution >= 0.6 is 43.2 Å². The fraction of sp³-hybridized carbons (Fsp3) is 0.0833. The van der Waals surface area contributed by atoms with Crippen molar-refractivity contribution < 1.29 is 0 Å². The second kappa shape index (κ2) is 9.25. The molecule has 4 rings (SSSR count). The molecule has 6 heteroatoms. The van der Waals surface area contributed by atoms with Gasteiger partial charge in [0.25, 0.3) is 0 Å². The van der Waals surface area contributed by atoms with Crippen molar-refractivity contribution in [1.82, 2.24) is 4.68 Å². The zero-order chi connectivity index (χ0) is 21.1. The third-order valence-corrected chi connectivity index (χ3v) is 6.63. The summed E-state index contributed by atoms with van der Waals surface area (Å²) in [6.07, 6.45) is 1.86.